The molecule has 0 saturated carbocycles. The molecule has 0 bridgehead atoms. The highest BCUT2D eigenvalue weighted by molar-refractivity contribution is 7.95. The Kier molecular flexibility index (Phi) is 6.50. The van der Waals surface area contributed by atoms with Crippen LogP contribution in [0.15, 0.2) is 82.6 Å². The Morgan fingerprint density at radius 1 is 1.03 bits per heavy atom. The fraction of sp³-hybridized carbons (Fsp3) is 0.0870. The number of hydrogen-bond donors (Lipinski definition) is 0. The lowest BCUT2D eigenvalue weighted by molar-refractivity contribution is 0.279. The van der Waals surface area contributed by atoms with E-state index in [0.29, 0.717) is 22.6 Å². The summed E-state index contributed by atoms with van der Waals surface area (Å²) in [6.07, 6.45) is 1.27. The Labute approximate surface area is 174 Å². The van der Waals surface area contributed by atoms with Crippen LogP contribution in [0.25, 0.3) is 6.08 Å². The number of ether oxygens (including phenoxy) is 2. The fourth-order valence-electron chi connectivity index (χ4n) is 2.71. The summed E-state index contributed by atoms with van der Waals surface area (Å²) in [7, 11) is -2.51. The summed E-state index contributed by atoms with van der Waals surface area (Å²) >= 11 is 0. The molecule has 3 rings (SSSR count). The number of rotatable bonds is 7. The van der Waals surface area contributed by atoms with Crippen LogP contribution in [0.4, 0.5) is 4.39 Å². The Balaban J connectivity index is 1.88. The molecule has 0 aromatic heterocycles. The summed E-state index contributed by atoms with van der Waals surface area (Å²) in [5, 5.41) is 9.41. The third-order valence-corrected chi connectivity index (χ3v) is 5.96. The Hall–Kier alpha value is -3.63. The largest absolute Gasteiger partial charge is 0.493 e. The van der Waals surface area contributed by atoms with E-state index in [-0.39, 0.29) is 17.3 Å². The molecular formula is C23H18FNO4S. The number of methoxy groups -OCH3 is 1. The second kappa shape index (κ2) is 9.25. The summed E-state index contributed by atoms with van der Waals surface area (Å²) in [6, 6.07) is 20.5. The SMILES string of the molecule is COc1cc(/C=C(\C#N)S(=O)(=O)c2ccccc2)ccc1OCc1ccccc1F. The first-order chi connectivity index (χ1) is 14.5. The van der Waals surface area contributed by atoms with Gasteiger partial charge >= 0.3 is 0 Å². The van der Waals surface area contributed by atoms with Gasteiger partial charge in [-0.2, -0.15) is 5.26 Å². The smallest absolute Gasteiger partial charge is 0.216 e. The lowest BCUT2D eigenvalue weighted by Crippen LogP contribution is -2.03. The molecule has 0 atom stereocenters. The highest BCUT2D eigenvalue weighted by atomic mass is 32.2. The summed E-state index contributed by atoms with van der Waals surface area (Å²) in [5.41, 5.74) is 0.838. The zero-order valence-corrected chi connectivity index (χ0v) is 16.9. The predicted molar refractivity (Wildman–Crippen MR) is 111 cm³/mol. The lowest BCUT2D eigenvalue weighted by atomic mass is 10.2. The first kappa shape index (κ1) is 21.1. The van der Waals surface area contributed by atoms with Crippen LogP contribution in [0.5, 0.6) is 11.5 Å². The number of hydrogen-bond acceptors (Lipinski definition) is 5. The first-order valence-corrected chi connectivity index (χ1v) is 10.4. The van der Waals surface area contributed by atoms with Crippen molar-refractivity contribution >= 4 is 15.9 Å². The van der Waals surface area contributed by atoms with Crippen LogP contribution in [0.1, 0.15) is 11.1 Å². The molecule has 7 heteroatoms. The van der Waals surface area contributed by atoms with Crippen molar-refractivity contribution in [3.05, 3.63) is 94.6 Å². The van der Waals surface area contributed by atoms with Gasteiger partial charge in [-0.3, -0.25) is 0 Å². The van der Waals surface area contributed by atoms with E-state index < -0.39 is 14.7 Å². The molecule has 0 N–H and O–H groups in total. The molecule has 0 heterocycles. The molecule has 3 aromatic carbocycles. The van der Waals surface area contributed by atoms with Crippen molar-refractivity contribution in [3.63, 3.8) is 0 Å². The van der Waals surface area contributed by atoms with Crippen LogP contribution in [-0.2, 0) is 16.4 Å². The average Bonchev–Trinajstić information content (AvgIpc) is 2.77. The average molecular weight is 423 g/mol. The number of allylic oxidation sites excluding steroid dienone is 1. The molecule has 0 fully saturated rings. The van der Waals surface area contributed by atoms with Gasteiger partial charge in [-0.25, -0.2) is 12.8 Å². The molecule has 152 valence electrons. The maximum Gasteiger partial charge on any atom is 0.216 e. The molecule has 0 aliphatic rings. The lowest BCUT2D eigenvalue weighted by Gasteiger charge is -2.12. The van der Waals surface area contributed by atoms with E-state index >= 15 is 0 Å². The van der Waals surface area contributed by atoms with Gasteiger partial charge < -0.3 is 9.47 Å². The second-order valence-electron chi connectivity index (χ2n) is 6.23. The molecular weight excluding hydrogens is 405 g/mol. The van der Waals surface area contributed by atoms with Crippen LogP contribution < -0.4 is 9.47 Å². The zero-order valence-electron chi connectivity index (χ0n) is 16.1. The topological polar surface area (TPSA) is 76.4 Å². The van der Waals surface area contributed by atoms with Crippen molar-refractivity contribution in [2.24, 2.45) is 0 Å². The second-order valence-corrected chi connectivity index (χ2v) is 8.15. The molecule has 5 nitrogen and oxygen atoms in total. The maximum atomic E-state index is 13.8. The van der Waals surface area contributed by atoms with Crippen molar-refractivity contribution in [2.75, 3.05) is 7.11 Å². The zero-order chi connectivity index (χ0) is 21.6. The molecule has 0 spiro atoms. The molecule has 0 aliphatic carbocycles. The van der Waals surface area contributed by atoms with Crippen molar-refractivity contribution in [1.82, 2.24) is 0 Å². The summed E-state index contributed by atoms with van der Waals surface area (Å²) in [6.45, 7) is 0.00402. The fourth-order valence-corrected chi connectivity index (χ4v) is 3.89. The third kappa shape index (κ3) is 4.67. The number of benzene rings is 3. The van der Waals surface area contributed by atoms with E-state index in [1.54, 1.807) is 60.7 Å². The van der Waals surface area contributed by atoms with Crippen LogP contribution >= 0.6 is 0 Å². The normalized spacial score (nSPS) is 11.6. The van der Waals surface area contributed by atoms with E-state index in [9.17, 15) is 18.1 Å². The van der Waals surface area contributed by atoms with E-state index in [4.69, 9.17) is 9.47 Å². The summed E-state index contributed by atoms with van der Waals surface area (Å²) < 4.78 is 50.1. The summed E-state index contributed by atoms with van der Waals surface area (Å²) in [5.74, 6) is 0.317. The molecule has 0 unspecified atom stereocenters. The van der Waals surface area contributed by atoms with Gasteiger partial charge in [-0.05, 0) is 42.0 Å². The standard InChI is InChI=1S/C23H18FNO4S/c1-28-23-14-17(11-12-22(23)29-16-18-7-5-6-10-21(18)24)13-20(15-25)30(26,27)19-8-3-2-4-9-19/h2-14H,16H2,1H3/b20-13+. The molecule has 3 aromatic rings. The van der Waals surface area contributed by atoms with Gasteiger partial charge in [0.2, 0.25) is 9.84 Å². The number of nitriles is 1. The van der Waals surface area contributed by atoms with E-state index in [1.807, 2.05) is 0 Å². The van der Waals surface area contributed by atoms with Gasteiger partial charge in [0.15, 0.2) is 11.5 Å². The van der Waals surface area contributed by atoms with Gasteiger partial charge in [0.1, 0.15) is 23.4 Å². The number of halogens is 1. The molecule has 0 radical (unpaired) electrons. The molecule has 0 aliphatic heterocycles. The van der Waals surface area contributed by atoms with E-state index in [0.717, 1.165) is 0 Å². The highest BCUT2D eigenvalue weighted by Crippen LogP contribution is 2.31. The minimum absolute atomic E-state index is 0.00402. The third-order valence-electron chi connectivity index (χ3n) is 4.28. The Bertz CT molecular complexity index is 1220. The molecule has 30 heavy (non-hydrogen) atoms. The number of nitrogens with zero attached hydrogens (tertiary/aromatic N) is 1. The Morgan fingerprint density at radius 3 is 2.40 bits per heavy atom. The summed E-state index contributed by atoms with van der Waals surface area (Å²) in [4.78, 5) is -0.356. The van der Waals surface area contributed by atoms with Gasteiger partial charge in [-0.1, -0.05) is 42.5 Å². The van der Waals surface area contributed by atoms with Crippen LogP contribution in [0, 0.1) is 17.1 Å². The van der Waals surface area contributed by atoms with E-state index in [1.165, 1.54) is 31.4 Å². The Morgan fingerprint density at radius 2 is 1.73 bits per heavy atom. The highest BCUT2D eigenvalue weighted by Gasteiger charge is 2.20. The molecule has 0 saturated heterocycles. The first-order valence-electron chi connectivity index (χ1n) is 8.92. The minimum atomic E-state index is -3.94. The van der Waals surface area contributed by atoms with Gasteiger partial charge in [0.05, 0.1) is 12.0 Å². The quantitative estimate of drug-likeness (QED) is 0.513. The van der Waals surface area contributed by atoms with Crippen molar-refractivity contribution < 1.29 is 22.3 Å². The van der Waals surface area contributed by atoms with Crippen molar-refractivity contribution in [2.45, 2.75) is 11.5 Å². The minimum Gasteiger partial charge on any atom is -0.493 e. The van der Waals surface area contributed by atoms with Crippen LogP contribution in [0.3, 0.4) is 0 Å². The van der Waals surface area contributed by atoms with Gasteiger partial charge in [-0.15, -0.1) is 0 Å². The van der Waals surface area contributed by atoms with Crippen LogP contribution in [0.2, 0.25) is 0 Å². The number of sulfone groups is 1. The maximum absolute atomic E-state index is 13.8. The van der Waals surface area contributed by atoms with Crippen molar-refractivity contribution in [3.8, 4) is 17.6 Å². The van der Waals surface area contributed by atoms with Gasteiger partial charge in [0, 0.05) is 5.56 Å². The van der Waals surface area contributed by atoms with E-state index in [2.05, 4.69) is 0 Å². The van der Waals surface area contributed by atoms with Crippen molar-refractivity contribution in [1.29, 1.82) is 5.26 Å². The van der Waals surface area contributed by atoms with Crippen LogP contribution in [-0.4, -0.2) is 15.5 Å². The predicted octanol–water partition coefficient (Wildman–Crippen LogP) is 4.75. The monoisotopic (exact) mass is 423 g/mol. The van der Waals surface area contributed by atoms with Gasteiger partial charge in [0.25, 0.3) is 0 Å². The molecule has 0 amide bonds.